The number of halogens is 1. The molecule has 0 fully saturated rings. The topological polar surface area (TPSA) is 96.0 Å². The van der Waals surface area contributed by atoms with Crippen LogP contribution in [-0.4, -0.2) is 17.4 Å². The molecule has 0 unspecified atom stereocenters. The Morgan fingerprint density at radius 2 is 2.00 bits per heavy atom. The Morgan fingerprint density at radius 1 is 1.28 bits per heavy atom. The van der Waals surface area contributed by atoms with Crippen molar-refractivity contribution in [3.05, 3.63) is 80.4 Å². The fourth-order valence-electron chi connectivity index (χ4n) is 2.12. The minimum Gasteiger partial charge on any atom is -0.351 e. The van der Waals surface area contributed by atoms with Crippen molar-refractivity contribution in [3.8, 4) is 6.07 Å². The van der Waals surface area contributed by atoms with Gasteiger partial charge in [-0.3, -0.25) is 14.9 Å². The van der Waals surface area contributed by atoms with Gasteiger partial charge in [0.25, 0.3) is 11.6 Å². The molecule has 7 heteroatoms. The molecule has 0 spiro atoms. The monoisotopic (exact) mass is 355 g/mol. The number of nitrogens with zero attached hydrogens (tertiary/aromatic N) is 2. The van der Waals surface area contributed by atoms with E-state index < -0.39 is 10.8 Å². The molecule has 1 amide bonds. The average molecular weight is 356 g/mol. The third-order valence-electron chi connectivity index (χ3n) is 3.40. The Balaban J connectivity index is 2.09. The highest BCUT2D eigenvalue weighted by atomic mass is 35.5. The fourth-order valence-corrected chi connectivity index (χ4v) is 2.29. The lowest BCUT2D eigenvalue weighted by atomic mass is 10.1. The van der Waals surface area contributed by atoms with Crippen molar-refractivity contribution in [2.45, 2.75) is 6.42 Å². The van der Waals surface area contributed by atoms with Crippen molar-refractivity contribution in [2.75, 3.05) is 6.54 Å². The number of nitriles is 1. The largest absolute Gasteiger partial charge is 0.351 e. The van der Waals surface area contributed by atoms with Crippen molar-refractivity contribution in [1.82, 2.24) is 5.32 Å². The Hall–Kier alpha value is -3.17. The van der Waals surface area contributed by atoms with E-state index in [0.717, 1.165) is 5.56 Å². The molecule has 0 radical (unpaired) electrons. The van der Waals surface area contributed by atoms with Crippen molar-refractivity contribution >= 4 is 29.3 Å². The van der Waals surface area contributed by atoms with Crippen LogP contribution in [0.2, 0.25) is 5.02 Å². The maximum atomic E-state index is 12.1. The molecule has 0 saturated carbocycles. The van der Waals surface area contributed by atoms with Gasteiger partial charge >= 0.3 is 0 Å². The summed E-state index contributed by atoms with van der Waals surface area (Å²) in [6, 6.07) is 15.2. The second kappa shape index (κ2) is 8.62. The van der Waals surface area contributed by atoms with Gasteiger partial charge in [-0.25, -0.2) is 0 Å². The molecule has 0 heterocycles. The molecular weight excluding hydrogens is 342 g/mol. The molecule has 2 aromatic rings. The smallest absolute Gasteiger partial charge is 0.270 e. The molecule has 25 heavy (non-hydrogen) atoms. The number of hydrogen-bond acceptors (Lipinski definition) is 4. The highest BCUT2D eigenvalue weighted by Gasteiger charge is 2.13. The number of nitro benzene ring substituents is 1. The van der Waals surface area contributed by atoms with E-state index in [1.807, 2.05) is 30.3 Å². The summed E-state index contributed by atoms with van der Waals surface area (Å²) < 4.78 is 0. The zero-order valence-corrected chi connectivity index (χ0v) is 13.9. The number of nitrogens with one attached hydrogen (secondary N) is 1. The number of carbonyl (C=O) groups is 1. The van der Waals surface area contributed by atoms with Crippen LogP contribution in [0.4, 0.5) is 5.69 Å². The first-order valence-electron chi connectivity index (χ1n) is 7.39. The molecule has 1 N–H and O–H groups in total. The van der Waals surface area contributed by atoms with E-state index in [1.54, 1.807) is 6.07 Å². The first kappa shape index (κ1) is 18.2. The van der Waals surface area contributed by atoms with Gasteiger partial charge in [-0.05, 0) is 24.1 Å². The number of benzene rings is 2. The van der Waals surface area contributed by atoms with Crippen molar-refractivity contribution < 1.29 is 9.72 Å². The van der Waals surface area contributed by atoms with E-state index in [0.29, 0.717) is 13.0 Å². The minimum atomic E-state index is -0.570. The standard InChI is InChI=1S/C18H14ClN3O3/c19-17-7-6-16(22(24)25)11-14(17)10-15(12-20)18(23)21-9-8-13-4-2-1-3-5-13/h1-7,10-11H,8-9H2,(H,21,23)/b15-10-. The molecule has 0 bridgehead atoms. The lowest BCUT2D eigenvalue weighted by Crippen LogP contribution is -2.26. The second-order valence-electron chi connectivity index (χ2n) is 5.12. The molecule has 0 aliphatic carbocycles. The predicted octanol–water partition coefficient (Wildman–Crippen LogP) is 3.51. The summed E-state index contributed by atoms with van der Waals surface area (Å²) in [5, 5.41) is 22.9. The van der Waals surface area contributed by atoms with E-state index in [4.69, 9.17) is 11.6 Å². The first-order chi connectivity index (χ1) is 12.0. The van der Waals surface area contributed by atoms with Gasteiger partial charge in [0.05, 0.1) is 4.92 Å². The minimum absolute atomic E-state index is 0.169. The van der Waals surface area contributed by atoms with Crippen LogP contribution in [0.15, 0.2) is 54.1 Å². The Labute approximate surface area is 149 Å². The fraction of sp³-hybridized carbons (Fsp3) is 0.111. The van der Waals surface area contributed by atoms with Crippen molar-refractivity contribution in [1.29, 1.82) is 5.26 Å². The van der Waals surface area contributed by atoms with E-state index in [1.165, 1.54) is 24.3 Å². The molecule has 2 aromatic carbocycles. The van der Waals surface area contributed by atoms with E-state index in [9.17, 15) is 20.2 Å². The normalized spacial score (nSPS) is 10.8. The lowest BCUT2D eigenvalue weighted by Gasteiger charge is -2.05. The van der Waals surface area contributed by atoms with E-state index in [-0.39, 0.29) is 21.8 Å². The molecule has 2 rings (SSSR count). The molecule has 0 saturated heterocycles. The number of amides is 1. The Morgan fingerprint density at radius 3 is 2.64 bits per heavy atom. The average Bonchev–Trinajstić information content (AvgIpc) is 2.61. The molecule has 6 nitrogen and oxygen atoms in total. The maximum absolute atomic E-state index is 12.1. The first-order valence-corrected chi connectivity index (χ1v) is 7.77. The van der Waals surface area contributed by atoms with Gasteiger partial charge in [-0.1, -0.05) is 41.9 Å². The maximum Gasteiger partial charge on any atom is 0.270 e. The third-order valence-corrected chi connectivity index (χ3v) is 3.74. The van der Waals surface area contributed by atoms with Crippen LogP contribution < -0.4 is 5.32 Å². The lowest BCUT2D eigenvalue weighted by molar-refractivity contribution is -0.384. The van der Waals surface area contributed by atoms with Gasteiger partial charge < -0.3 is 5.32 Å². The molecular formula is C18H14ClN3O3. The van der Waals surface area contributed by atoms with Crippen LogP contribution in [0.5, 0.6) is 0 Å². The van der Waals surface area contributed by atoms with Crippen LogP contribution in [0.3, 0.4) is 0 Å². The second-order valence-corrected chi connectivity index (χ2v) is 5.53. The van der Waals surface area contributed by atoms with Crippen LogP contribution in [0.25, 0.3) is 6.08 Å². The van der Waals surface area contributed by atoms with Crippen LogP contribution in [-0.2, 0) is 11.2 Å². The quantitative estimate of drug-likeness (QED) is 0.371. The van der Waals surface area contributed by atoms with Crippen LogP contribution in [0, 0.1) is 21.4 Å². The van der Waals surface area contributed by atoms with Crippen molar-refractivity contribution in [2.24, 2.45) is 0 Å². The molecule has 126 valence electrons. The molecule has 0 aliphatic rings. The zero-order chi connectivity index (χ0) is 18.2. The van der Waals surface area contributed by atoms with E-state index in [2.05, 4.69) is 5.32 Å². The summed E-state index contributed by atoms with van der Waals surface area (Å²) in [7, 11) is 0. The van der Waals surface area contributed by atoms with Crippen LogP contribution >= 0.6 is 11.6 Å². The number of rotatable bonds is 6. The summed E-state index contributed by atoms with van der Waals surface area (Å²) >= 11 is 5.98. The summed E-state index contributed by atoms with van der Waals surface area (Å²) in [5.41, 5.74) is 0.963. The van der Waals surface area contributed by atoms with Gasteiger partial charge in [0, 0.05) is 29.3 Å². The number of hydrogen-bond donors (Lipinski definition) is 1. The SMILES string of the molecule is N#C/C(=C/c1cc([N+](=O)[O-])ccc1Cl)C(=O)NCCc1ccccc1. The van der Waals surface area contributed by atoms with Crippen LogP contribution in [0.1, 0.15) is 11.1 Å². The van der Waals surface area contributed by atoms with Gasteiger partial charge in [0.2, 0.25) is 0 Å². The summed E-state index contributed by atoms with van der Waals surface area (Å²) in [5.74, 6) is -0.555. The number of non-ortho nitro benzene ring substituents is 1. The Kier molecular flexibility index (Phi) is 6.26. The Bertz CT molecular complexity index is 858. The summed E-state index contributed by atoms with van der Waals surface area (Å²) in [6.45, 7) is 0.366. The summed E-state index contributed by atoms with van der Waals surface area (Å²) in [4.78, 5) is 22.4. The molecule has 0 aliphatic heterocycles. The summed E-state index contributed by atoms with van der Waals surface area (Å²) in [6.07, 6.45) is 1.87. The molecule has 0 atom stereocenters. The van der Waals surface area contributed by atoms with Gasteiger partial charge in [0.1, 0.15) is 11.6 Å². The molecule has 0 aromatic heterocycles. The zero-order valence-electron chi connectivity index (χ0n) is 13.1. The predicted molar refractivity (Wildman–Crippen MR) is 94.9 cm³/mol. The van der Waals surface area contributed by atoms with Crippen molar-refractivity contribution in [3.63, 3.8) is 0 Å². The number of carbonyl (C=O) groups excluding carboxylic acids is 1. The number of nitro groups is 1. The van der Waals surface area contributed by atoms with Gasteiger partial charge in [0.15, 0.2) is 0 Å². The highest BCUT2D eigenvalue weighted by Crippen LogP contribution is 2.24. The third kappa shape index (κ3) is 5.16. The van der Waals surface area contributed by atoms with E-state index >= 15 is 0 Å². The van der Waals surface area contributed by atoms with Gasteiger partial charge in [-0.15, -0.1) is 0 Å². The highest BCUT2D eigenvalue weighted by molar-refractivity contribution is 6.32. The van der Waals surface area contributed by atoms with Gasteiger partial charge in [-0.2, -0.15) is 5.26 Å².